The predicted octanol–water partition coefficient (Wildman–Crippen LogP) is 1.72. The van der Waals surface area contributed by atoms with E-state index in [1.807, 2.05) is 5.32 Å². The first kappa shape index (κ1) is 15.3. The van der Waals surface area contributed by atoms with Gasteiger partial charge in [-0.15, -0.1) is 10.2 Å². The van der Waals surface area contributed by atoms with Crippen molar-refractivity contribution in [2.45, 2.75) is 34.2 Å². The molecule has 9 heteroatoms. The Balaban J connectivity index is 2.48. The van der Waals surface area contributed by atoms with Crippen molar-refractivity contribution in [3.8, 4) is 0 Å². The fourth-order valence-electron chi connectivity index (χ4n) is 0.920. The smallest absolute Gasteiger partial charge is 0.318 e. The topological polar surface area (TPSA) is 98.0 Å². The molecule has 0 bridgehead atoms. The minimum Gasteiger partial charge on any atom is -0.351 e. The molecular weight excluding hydrogens is 292 g/mol. The quantitative estimate of drug-likeness (QED) is 0.776. The van der Waals surface area contributed by atoms with E-state index in [4.69, 9.17) is 5.73 Å². The molecule has 0 aliphatic rings. The summed E-state index contributed by atoms with van der Waals surface area (Å²) in [6.45, 7) is 3.78. The Kier molecular flexibility index (Phi) is 6.44. The van der Waals surface area contributed by atoms with Crippen molar-refractivity contribution >= 4 is 46.8 Å². The van der Waals surface area contributed by atoms with Gasteiger partial charge in [-0.25, -0.2) is 4.79 Å². The molecule has 1 rings (SSSR count). The first-order valence-corrected chi connectivity index (χ1v) is 7.94. The third-order valence-electron chi connectivity index (χ3n) is 1.71. The maximum atomic E-state index is 11.5. The van der Waals surface area contributed by atoms with E-state index >= 15 is 0 Å². The number of hydrogen-bond acceptors (Lipinski definition) is 7. The molecule has 3 N–H and O–H groups in total. The average Bonchev–Trinajstić information content (AvgIpc) is 2.73. The van der Waals surface area contributed by atoms with Crippen molar-refractivity contribution in [3.63, 3.8) is 0 Å². The third-order valence-corrected chi connectivity index (χ3v) is 5.16. The lowest BCUT2D eigenvalue weighted by molar-refractivity contribution is -0.119. The van der Waals surface area contributed by atoms with Crippen LogP contribution >= 0.6 is 34.9 Å². The monoisotopic (exact) mass is 306 g/mol. The Bertz CT molecular complexity index is 424. The average molecular weight is 306 g/mol. The van der Waals surface area contributed by atoms with Crippen LogP contribution in [0.2, 0.25) is 0 Å². The molecule has 0 aliphatic heterocycles. The molecule has 0 aliphatic carbocycles. The van der Waals surface area contributed by atoms with E-state index in [2.05, 4.69) is 17.1 Å². The van der Waals surface area contributed by atoms with Crippen LogP contribution in [0.1, 0.15) is 20.3 Å². The van der Waals surface area contributed by atoms with Gasteiger partial charge in [0.15, 0.2) is 8.68 Å². The third kappa shape index (κ3) is 5.23. The zero-order valence-electron chi connectivity index (χ0n) is 10.0. The van der Waals surface area contributed by atoms with Crippen molar-refractivity contribution in [1.82, 2.24) is 15.5 Å². The van der Waals surface area contributed by atoms with Gasteiger partial charge in [0.25, 0.3) is 0 Å². The number of nitrogens with one attached hydrogen (secondary N) is 1. The van der Waals surface area contributed by atoms with Crippen molar-refractivity contribution < 1.29 is 9.59 Å². The van der Waals surface area contributed by atoms with Gasteiger partial charge in [-0.1, -0.05) is 41.8 Å². The summed E-state index contributed by atoms with van der Waals surface area (Å²) in [5.74, 6) is 0.572. The summed E-state index contributed by atoms with van der Waals surface area (Å²) in [6.07, 6.45) is 1.07. The number of urea groups is 1. The van der Waals surface area contributed by atoms with Crippen LogP contribution in [0.3, 0.4) is 0 Å². The summed E-state index contributed by atoms with van der Waals surface area (Å²) >= 11 is 4.35. The van der Waals surface area contributed by atoms with Gasteiger partial charge in [0.05, 0.1) is 5.25 Å². The van der Waals surface area contributed by atoms with E-state index in [0.29, 0.717) is 4.34 Å². The van der Waals surface area contributed by atoms with Crippen LogP contribution in [0.15, 0.2) is 8.68 Å². The van der Waals surface area contributed by atoms with Crippen molar-refractivity contribution in [2.24, 2.45) is 5.73 Å². The Labute approximate surface area is 117 Å². The van der Waals surface area contributed by atoms with E-state index in [-0.39, 0.29) is 0 Å². The second kappa shape index (κ2) is 7.59. The Morgan fingerprint density at radius 1 is 1.44 bits per heavy atom. The number of aromatic nitrogens is 2. The lowest BCUT2D eigenvalue weighted by Crippen LogP contribution is -2.39. The summed E-state index contributed by atoms with van der Waals surface area (Å²) in [5, 5.41) is 9.60. The minimum atomic E-state index is -0.844. The van der Waals surface area contributed by atoms with Gasteiger partial charge >= 0.3 is 6.03 Å². The minimum absolute atomic E-state index is 0.425. The Morgan fingerprint density at radius 3 is 2.72 bits per heavy atom. The largest absolute Gasteiger partial charge is 0.351 e. The standard InChI is InChI=1S/C9H14N4O2S3/c1-3-4-16-8-12-13-9(18-8)17-5(2)6(14)11-7(10)15/h5H,3-4H2,1-2H3,(H3,10,11,14,15)/t5-/m0/s1. The van der Waals surface area contributed by atoms with Gasteiger partial charge in [0.1, 0.15) is 0 Å². The predicted molar refractivity (Wildman–Crippen MR) is 74.0 cm³/mol. The fourth-order valence-corrected chi connectivity index (χ4v) is 4.01. The first-order valence-electron chi connectivity index (χ1n) is 5.26. The number of carbonyl (C=O) groups is 2. The van der Waals surface area contributed by atoms with E-state index < -0.39 is 17.2 Å². The van der Waals surface area contributed by atoms with Crippen molar-refractivity contribution in [1.29, 1.82) is 0 Å². The van der Waals surface area contributed by atoms with Gasteiger partial charge in [0.2, 0.25) is 5.91 Å². The molecule has 3 amide bonds. The van der Waals surface area contributed by atoms with Crippen molar-refractivity contribution in [3.05, 3.63) is 0 Å². The lowest BCUT2D eigenvalue weighted by atomic mass is 10.4. The molecule has 0 fully saturated rings. The van der Waals surface area contributed by atoms with Crippen LogP contribution in [0.25, 0.3) is 0 Å². The number of carbonyl (C=O) groups excluding carboxylic acids is 2. The highest BCUT2D eigenvalue weighted by atomic mass is 32.2. The normalized spacial score (nSPS) is 12.1. The summed E-state index contributed by atoms with van der Waals surface area (Å²) in [4.78, 5) is 22.0. The number of primary amides is 1. The molecule has 100 valence electrons. The molecule has 0 spiro atoms. The second-order valence-corrected chi connectivity index (χ2v) is 7.20. The van der Waals surface area contributed by atoms with E-state index in [0.717, 1.165) is 16.5 Å². The molecule has 1 aromatic rings. The van der Waals surface area contributed by atoms with Gasteiger partial charge in [-0.3, -0.25) is 10.1 Å². The SMILES string of the molecule is CCCSc1nnc(S[C@@H](C)C(=O)NC(N)=O)s1. The maximum absolute atomic E-state index is 11.5. The molecule has 18 heavy (non-hydrogen) atoms. The highest BCUT2D eigenvalue weighted by molar-refractivity contribution is 8.03. The van der Waals surface area contributed by atoms with E-state index in [1.165, 1.54) is 23.1 Å². The van der Waals surface area contributed by atoms with Crippen LogP contribution in [-0.2, 0) is 4.79 Å². The first-order chi connectivity index (χ1) is 8.52. The van der Waals surface area contributed by atoms with Gasteiger partial charge < -0.3 is 5.73 Å². The zero-order valence-corrected chi connectivity index (χ0v) is 12.5. The molecule has 0 radical (unpaired) electrons. The zero-order chi connectivity index (χ0) is 13.5. The van der Waals surface area contributed by atoms with Crippen LogP contribution in [0, 0.1) is 0 Å². The highest BCUT2D eigenvalue weighted by Gasteiger charge is 2.18. The Hall–Kier alpha value is -0.800. The number of nitrogens with two attached hydrogens (primary N) is 1. The summed E-state index contributed by atoms with van der Waals surface area (Å²) in [5.41, 5.74) is 4.87. The second-order valence-electron chi connectivity index (χ2n) is 3.30. The van der Waals surface area contributed by atoms with Crippen molar-refractivity contribution in [2.75, 3.05) is 5.75 Å². The fraction of sp³-hybridized carbons (Fsp3) is 0.556. The Morgan fingerprint density at radius 2 is 2.11 bits per heavy atom. The molecule has 0 saturated heterocycles. The van der Waals surface area contributed by atoms with Gasteiger partial charge in [-0.2, -0.15) is 0 Å². The summed E-state index contributed by atoms with van der Waals surface area (Å²) in [7, 11) is 0. The summed E-state index contributed by atoms with van der Waals surface area (Å²) in [6, 6.07) is -0.844. The lowest BCUT2D eigenvalue weighted by Gasteiger charge is -2.06. The van der Waals surface area contributed by atoms with Gasteiger partial charge in [0, 0.05) is 5.75 Å². The molecule has 0 unspecified atom stereocenters. The number of imide groups is 1. The van der Waals surface area contributed by atoms with Crippen LogP contribution < -0.4 is 11.1 Å². The molecule has 0 saturated carbocycles. The highest BCUT2D eigenvalue weighted by Crippen LogP contribution is 2.31. The number of thioether (sulfide) groups is 2. The van der Waals surface area contributed by atoms with E-state index in [1.54, 1.807) is 18.7 Å². The molecular formula is C9H14N4O2S3. The van der Waals surface area contributed by atoms with Crippen LogP contribution in [0.5, 0.6) is 0 Å². The number of hydrogen-bond donors (Lipinski definition) is 2. The van der Waals surface area contributed by atoms with Gasteiger partial charge in [-0.05, 0) is 13.3 Å². The molecule has 1 aromatic heterocycles. The number of nitrogens with zero attached hydrogens (tertiary/aromatic N) is 2. The number of rotatable bonds is 6. The molecule has 0 aromatic carbocycles. The maximum Gasteiger partial charge on any atom is 0.318 e. The molecule has 6 nitrogen and oxygen atoms in total. The molecule has 1 atom stereocenters. The summed E-state index contributed by atoms with van der Waals surface area (Å²) < 4.78 is 1.60. The van der Waals surface area contributed by atoms with Crippen LogP contribution in [0.4, 0.5) is 4.79 Å². The molecule has 1 heterocycles. The van der Waals surface area contributed by atoms with Crippen LogP contribution in [-0.4, -0.2) is 33.1 Å². The number of amides is 3. The van der Waals surface area contributed by atoms with E-state index in [9.17, 15) is 9.59 Å².